The molecule has 0 saturated carbocycles. The average Bonchev–Trinajstić information content (AvgIpc) is 2.59. The summed E-state index contributed by atoms with van der Waals surface area (Å²) in [5.74, 6) is 2.00. The molecule has 0 amide bonds. The fourth-order valence-corrected chi connectivity index (χ4v) is 4.59. The molecule has 2 N–H and O–H groups in total. The van der Waals surface area contributed by atoms with E-state index in [-0.39, 0.29) is 5.41 Å². The SMILES string of the molecule is CCCC[C@@H]1C(C)c2cc(C(C)(C)C)ccc2N[C@H]1C1C=CC=C(O)C1. The molecule has 2 heteroatoms. The van der Waals surface area contributed by atoms with E-state index in [1.807, 2.05) is 12.2 Å². The van der Waals surface area contributed by atoms with E-state index in [1.54, 1.807) is 0 Å². The molecule has 142 valence electrons. The molecule has 2 nitrogen and oxygen atoms in total. The number of nitrogens with one attached hydrogen (secondary N) is 1. The van der Waals surface area contributed by atoms with Crippen LogP contribution in [0.25, 0.3) is 0 Å². The number of anilines is 1. The third-order valence-electron chi connectivity index (χ3n) is 6.28. The van der Waals surface area contributed by atoms with Gasteiger partial charge < -0.3 is 10.4 Å². The van der Waals surface area contributed by atoms with Crippen LogP contribution in [0, 0.1) is 11.8 Å². The van der Waals surface area contributed by atoms with Gasteiger partial charge in [0.2, 0.25) is 0 Å². The summed E-state index contributed by atoms with van der Waals surface area (Å²) in [4.78, 5) is 0. The summed E-state index contributed by atoms with van der Waals surface area (Å²) >= 11 is 0. The molecule has 0 spiro atoms. The van der Waals surface area contributed by atoms with Gasteiger partial charge in [0, 0.05) is 24.1 Å². The molecule has 0 aromatic heterocycles. The van der Waals surface area contributed by atoms with Gasteiger partial charge in [-0.1, -0.05) is 71.7 Å². The van der Waals surface area contributed by atoms with E-state index in [1.165, 1.54) is 36.1 Å². The van der Waals surface area contributed by atoms with Crippen LogP contribution in [0.15, 0.2) is 42.2 Å². The van der Waals surface area contributed by atoms with Gasteiger partial charge in [-0.3, -0.25) is 0 Å². The van der Waals surface area contributed by atoms with Crippen LogP contribution in [0.2, 0.25) is 0 Å². The Bertz CT molecular complexity index is 695. The number of hydrogen-bond acceptors (Lipinski definition) is 2. The van der Waals surface area contributed by atoms with E-state index in [0.29, 0.717) is 29.6 Å². The first-order chi connectivity index (χ1) is 12.3. The fraction of sp³-hybridized carbons (Fsp3) is 0.583. The standard InChI is InChI=1S/C24H35NO/c1-6-7-11-20-16(2)21-15-18(24(3,4)5)12-13-22(21)25-23(20)17-9-8-10-19(26)14-17/h8-10,12-13,15-17,20,23,25-26H,6-7,11,14H2,1-5H3/t16?,17?,20-,23+/m1/s1. The molecule has 1 aliphatic heterocycles. The van der Waals surface area contributed by atoms with E-state index in [4.69, 9.17) is 0 Å². The van der Waals surface area contributed by atoms with Gasteiger partial charge >= 0.3 is 0 Å². The Labute approximate surface area is 159 Å². The van der Waals surface area contributed by atoms with Crippen LogP contribution in [0.1, 0.15) is 77.3 Å². The Morgan fingerprint density at radius 1 is 1.23 bits per heavy atom. The summed E-state index contributed by atoms with van der Waals surface area (Å²) in [6.07, 6.45) is 10.6. The van der Waals surface area contributed by atoms with Crippen molar-refractivity contribution in [3.8, 4) is 0 Å². The van der Waals surface area contributed by atoms with Crippen molar-refractivity contribution in [3.63, 3.8) is 0 Å². The quantitative estimate of drug-likeness (QED) is 0.630. The van der Waals surface area contributed by atoms with Gasteiger partial charge in [0.15, 0.2) is 0 Å². The minimum Gasteiger partial charge on any atom is -0.512 e. The predicted molar refractivity (Wildman–Crippen MR) is 112 cm³/mol. The smallest absolute Gasteiger partial charge is 0.0929 e. The van der Waals surface area contributed by atoms with Crippen molar-refractivity contribution in [1.82, 2.24) is 0 Å². The molecule has 0 fully saturated rings. The second-order valence-corrected chi connectivity index (χ2v) is 9.23. The Balaban J connectivity index is 1.95. The molecule has 26 heavy (non-hydrogen) atoms. The Kier molecular flexibility index (Phi) is 5.50. The van der Waals surface area contributed by atoms with Gasteiger partial charge in [0.25, 0.3) is 0 Å². The maximum Gasteiger partial charge on any atom is 0.0929 e. The highest BCUT2D eigenvalue weighted by Gasteiger charge is 2.38. The molecule has 1 aliphatic carbocycles. The first kappa shape index (κ1) is 19.1. The summed E-state index contributed by atoms with van der Waals surface area (Å²) in [5, 5.41) is 13.9. The zero-order chi connectivity index (χ0) is 18.9. The first-order valence-electron chi connectivity index (χ1n) is 10.3. The fourth-order valence-electron chi connectivity index (χ4n) is 4.59. The lowest BCUT2D eigenvalue weighted by molar-refractivity contribution is 0.268. The van der Waals surface area contributed by atoms with Gasteiger partial charge in [0.05, 0.1) is 5.76 Å². The molecule has 3 rings (SSSR count). The summed E-state index contributed by atoms with van der Waals surface area (Å²) in [7, 11) is 0. The number of aliphatic hydroxyl groups excluding tert-OH is 1. The van der Waals surface area contributed by atoms with Crippen molar-refractivity contribution < 1.29 is 5.11 Å². The lowest BCUT2D eigenvalue weighted by Gasteiger charge is -2.43. The average molecular weight is 354 g/mol. The van der Waals surface area contributed by atoms with Crippen molar-refractivity contribution in [2.75, 3.05) is 5.32 Å². The zero-order valence-corrected chi connectivity index (χ0v) is 17.0. The molecule has 0 radical (unpaired) electrons. The molecule has 1 aromatic carbocycles. The second kappa shape index (κ2) is 7.50. The van der Waals surface area contributed by atoms with Gasteiger partial charge in [-0.15, -0.1) is 0 Å². The maximum atomic E-state index is 10.0. The highest BCUT2D eigenvalue weighted by atomic mass is 16.3. The van der Waals surface area contributed by atoms with Crippen LogP contribution in [0.5, 0.6) is 0 Å². The van der Waals surface area contributed by atoms with Crippen LogP contribution in [-0.4, -0.2) is 11.1 Å². The molecular weight excluding hydrogens is 318 g/mol. The van der Waals surface area contributed by atoms with E-state index < -0.39 is 0 Å². The van der Waals surface area contributed by atoms with Crippen molar-refractivity contribution in [3.05, 3.63) is 53.3 Å². The summed E-state index contributed by atoms with van der Waals surface area (Å²) < 4.78 is 0. The number of unbranched alkanes of at least 4 members (excludes halogenated alkanes) is 1. The van der Waals surface area contributed by atoms with Crippen molar-refractivity contribution in [2.24, 2.45) is 11.8 Å². The molecule has 2 aliphatic rings. The molecular formula is C24H35NO. The minimum atomic E-state index is 0.174. The molecule has 1 aromatic rings. The second-order valence-electron chi connectivity index (χ2n) is 9.23. The molecule has 4 atom stereocenters. The molecule has 0 bridgehead atoms. The highest BCUT2D eigenvalue weighted by Crippen LogP contribution is 2.45. The summed E-state index contributed by atoms with van der Waals surface area (Å²) in [6, 6.07) is 7.36. The largest absolute Gasteiger partial charge is 0.512 e. The minimum absolute atomic E-state index is 0.174. The van der Waals surface area contributed by atoms with Crippen LogP contribution < -0.4 is 5.32 Å². The van der Waals surface area contributed by atoms with Crippen molar-refractivity contribution in [1.29, 1.82) is 0 Å². The van der Waals surface area contributed by atoms with E-state index in [0.717, 1.165) is 6.42 Å². The lowest BCUT2D eigenvalue weighted by atomic mass is 9.70. The number of hydrogen-bond donors (Lipinski definition) is 2. The van der Waals surface area contributed by atoms with E-state index in [9.17, 15) is 5.11 Å². The van der Waals surface area contributed by atoms with E-state index >= 15 is 0 Å². The van der Waals surface area contributed by atoms with Crippen LogP contribution in [0.4, 0.5) is 5.69 Å². The topological polar surface area (TPSA) is 32.3 Å². The maximum absolute atomic E-state index is 10.0. The van der Waals surface area contributed by atoms with Gasteiger partial charge in [-0.05, 0) is 46.9 Å². The number of aliphatic hydroxyl groups is 1. The van der Waals surface area contributed by atoms with Crippen molar-refractivity contribution in [2.45, 2.75) is 77.7 Å². The number of rotatable bonds is 4. The van der Waals surface area contributed by atoms with Crippen LogP contribution in [0.3, 0.4) is 0 Å². The summed E-state index contributed by atoms with van der Waals surface area (Å²) in [6.45, 7) is 11.5. The Morgan fingerprint density at radius 2 is 2.00 bits per heavy atom. The first-order valence-corrected chi connectivity index (χ1v) is 10.3. The molecule has 2 unspecified atom stereocenters. The molecule has 0 saturated heterocycles. The molecule has 1 heterocycles. The van der Waals surface area contributed by atoms with E-state index in [2.05, 4.69) is 64.2 Å². The van der Waals surface area contributed by atoms with Gasteiger partial charge in [-0.2, -0.15) is 0 Å². The predicted octanol–water partition coefficient (Wildman–Crippen LogP) is 6.71. The third kappa shape index (κ3) is 3.84. The van der Waals surface area contributed by atoms with Gasteiger partial charge in [0.1, 0.15) is 0 Å². The monoisotopic (exact) mass is 353 g/mol. The van der Waals surface area contributed by atoms with Gasteiger partial charge in [-0.25, -0.2) is 0 Å². The zero-order valence-electron chi connectivity index (χ0n) is 17.0. The third-order valence-corrected chi connectivity index (χ3v) is 6.28. The number of allylic oxidation sites excluding steroid dienone is 3. The van der Waals surface area contributed by atoms with Crippen LogP contribution >= 0.6 is 0 Å². The number of benzene rings is 1. The highest BCUT2D eigenvalue weighted by molar-refractivity contribution is 5.58. The normalized spacial score (nSPS) is 28.3. The summed E-state index contributed by atoms with van der Waals surface area (Å²) in [5.41, 5.74) is 4.34. The Hall–Kier alpha value is -1.70. The lowest BCUT2D eigenvalue weighted by Crippen LogP contribution is -2.42. The number of fused-ring (bicyclic) bond motifs is 1. The van der Waals surface area contributed by atoms with Crippen molar-refractivity contribution >= 4 is 5.69 Å². The Morgan fingerprint density at radius 3 is 2.65 bits per heavy atom. The van der Waals surface area contributed by atoms with Crippen LogP contribution in [-0.2, 0) is 5.41 Å².